The highest BCUT2D eigenvalue weighted by atomic mass is 35.5. The normalized spacial score (nSPS) is 10.2. The molecule has 0 aliphatic heterocycles. The van der Waals surface area contributed by atoms with Crippen LogP contribution in [0.3, 0.4) is 0 Å². The zero-order valence-electron chi connectivity index (χ0n) is 15.1. The lowest BCUT2D eigenvalue weighted by atomic mass is 10.1. The van der Waals surface area contributed by atoms with Gasteiger partial charge in [-0.2, -0.15) is 0 Å². The number of hydrogen-bond acceptors (Lipinski definition) is 4. The van der Waals surface area contributed by atoms with E-state index in [2.05, 4.69) is 15.6 Å². The molecular formula is C21H18ClN3O3. The first-order valence-corrected chi connectivity index (χ1v) is 8.86. The monoisotopic (exact) mass is 395 g/mol. The van der Waals surface area contributed by atoms with E-state index in [9.17, 15) is 9.59 Å². The van der Waals surface area contributed by atoms with Crippen LogP contribution in [0.5, 0.6) is 5.75 Å². The maximum atomic E-state index is 12.4. The molecule has 0 aliphatic carbocycles. The summed E-state index contributed by atoms with van der Waals surface area (Å²) in [6.45, 7) is 0.382. The van der Waals surface area contributed by atoms with Gasteiger partial charge in [0, 0.05) is 35.8 Å². The summed E-state index contributed by atoms with van der Waals surface area (Å²) in [5.41, 5.74) is 2.35. The maximum absolute atomic E-state index is 12.4. The van der Waals surface area contributed by atoms with Crippen LogP contribution >= 0.6 is 11.6 Å². The summed E-state index contributed by atoms with van der Waals surface area (Å²) in [7, 11) is 1.52. The van der Waals surface area contributed by atoms with Gasteiger partial charge < -0.3 is 15.4 Å². The summed E-state index contributed by atoms with van der Waals surface area (Å²) in [6.07, 6.45) is 3.37. The molecule has 6 nitrogen and oxygen atoms in total. The summed E-state index contributed by atoms with van der Waals surface area (Å²) in [5.74, 6) is 0.00242. The number of methoxy groups -OCH3 is 1. The zero-order valence-corrected chi connectivity index (χ0v) is 15.9. The highest BCUT2D eigenvalue weighted by molar-refractivity contribution is 6.32. The highest BCUT2D eigenvalue weighted by Gasteiger charge is 2.10. The molecule has 7 heteroatoms. The predicted octanol–water partition coefficient (Wildman–Crippen LogP) is 3.93. The number of pyridine rings is 1. The molecule has 2 N–H and O–H groups in total. The average Bonchev–Trinajstić information content (AvgIpc) is 2.73. The van der Waals surface area contributed by atoms with Gasteiger partial charge in [0.05, 0.1) is 12.1 Å². The Hall–Kier alpha value is -3.38. The number of carbonyl (C=O) groups excluding carboxylic acids is 2. The third kappa shape index (κ3) is 4.86. The van der Waals surface area contributed by atoms with E-state index in [0.717, 1.165) is 5.56 Å². The molecule has 3 aromatic rings. The second-order valence-electron chi connectivity index (χ2n) is 5.92. The minimum absolute atomic E-state index is 0.224. The largest absolute Gasteiger partial charge is 0.495 e. The van der Waals surface area contributed by atoms with Gasteiger partial charge in [0.2, 0.25) is 0 Å². The number of nitrogens with zero attached hydrogens (tertiary/aromatic N) is 1. The van der Waals surface area contributed by atoms with Gasteiger partial charge in [0.25, 0.3) is 11.8 Å². The van der Waals surface area contributed by atoms with Crippen LogP contribution in [0.4, 0.5) is 5.69 Å². The molecule has 2 aromatic carbocycles. The van der Waals surface area contributed by atoms with Crippen molar-refractivity contribution < 1.29 is 14.3 Å². The third-order valence-corrected chi connectivity index (χ3v) is 4.29. The Morgan fingerprint density at radius 2 is 1.75 bits per heavy atom. The van der Waals surface area contributed by atoms with Crippen LogP contribution in [0, 0.1) is 0 Å². The van der Waals surface area contributed by atoms with Gasteiger partial charge in [0.15, 0.2) is 0 Å². The highest BCUT2D eigenvalue weighted by Crippen LogP contribution is 2.27. The second kappa shape index (κ2) is 9.01. The number of amides is 2. The molecule has 28 heavy (non-hydrogen) atoms. The van der Waals surface area contributed by atoms with E-state index in [0.29, 0.717) is 34.1 Å². The lowest BCUT2D eigenvalue weighted by Gasteiger charge is -2.09. The smallest absolute Gasteiger partial charge is 0.255 e. The number of halogens is 1. The topological polar surface area (TPSA) is 80.3 Å². The van der Waals surface area contributed by atoms with Crippen LogP contribution in [-0.4, -0.2) is 23.9 Å². The van der Waals surface area contributed by atoms with Crippen molar-refractivity contribution in [3.05, 3.63) is 88.7 Å². The fourth-order valence-electron chi connectivity index (χ4n) is 2.51. The van der Waals surface area contributed by atoms with Crippen molar-refractivity contribution in [1.82, 2.24) is 10.3 Å². The van der Waals surface area contributed by atoms with Crippen molar-refractivity contribution >= 4 is 29.1 Å². The first kappa shape index (κ1) is 19.4. The summed E-state index contributed by atoms with van der Waals surface area (Å²) in [4.78, 5) is 28.6. The van der Waals surface area contributed by atoms with Crippen LogP contribution in [0.1, 0.15) is 26.3 Å². The Labute approximate surface area is 167 Å². The van der Waals surface area contributed by atoms with E-state index in [-0.39, 0.29) is 11.8 Å². The lowest BCUT2D eigenvalue weighted by molar-refractivity contribution is 0.0949. The van der Waals surface area contributed by atoms with E-state index >= 15 is 0 Å². The number of benzene rings is 2. The van der Waals surface area contributed by atoms with Crippen LogP contribution in [0.2, 0.25) is 5.02 Å². The Morgan fingerprint density at radius 1 is 1.04 bits per heavy atom. The van der Waals surface area contributed by atoms with Gasteiger partial charge in [-0.15, -0.1) is 0 Å². The minimum Gasteiger partial charge on any atom is -0.495 e. The molecule has 1 aromatic heterocycles. The van der Waals surface area contributed by atoms with Crippen molar-refractivity contribution in [2.75, 3.05) is 12.4 Å². The summed E-state index contributed by atoms with van der Waals surface area (Å²) < 4.78 is 5.09. The van der Waals surface area contributed by atoms with Crippen LogP contribution < -0.4 is 15.4 Å². The second-order valence-corrected chi connectivity index (χ2v) is 6.33. The first-order chi connectivity index (χ1) is 13.6. The zero-order chi connectivity index (χ0) is 19.9. The van der Waals surface area contributed by atoms with E-state index in [1.54, 1.807) is 54.9 Å². The molecule has 0 radical (unpaired) electrons. The molecule has 0 fully saturated rings. The summed E-state index contributed by atoms with van der Waals surface area (Å²) in [6, 6.07) is 15.1. The number of carbonyl (C=O) groups is 2. The molecular weight excluding hydrogens is 378 g/mol. The molecule has 1 heterocycles. The molecule has 0 atom stereocenters. The van der Waals surface area contributed by atoms with Gasteiger partial charge >= 0.3 is 0 Å². The molecule has 0 bridgehead atoms. The fraction of sp³-hybridized carbons (Fsp3) is 0.0952. The quantitative estimate of drug-likeness (QED) is 0.662. The molecule has 0 unspecified atom stereocenters. The molecule has 2 amide bonds. The van der Waals surface area contributed by atoms with Crippen molar-refractivity contribution in [3.8, 4) is 5.75 Å². The Kier molecular flexibility index (Phi) is 6.24. The van der Waals surface area contributed by atoms with Crippen molar-refractivity contribution in [2.45, 2.75) is 6.54 Å². The Balaban J connectivity index is 1.60. The van der Waals surface area contributed by atoms with E-state index in [4.69, 9.17) is 16.3 Å². The standard InChI is InChI=1S/C21H18ClN3O3/c1-28-19-9-8-17(11-18(19)22)25-21(27)16-6-4-15(5-7-16)20(26)24-13-14-3-2-10-23-12-14/h2-12H,13H2,1H3,(H,24,26)(H,25,27). The molecule has 3 rings (SSSR count). The number of rotatable bonds is 6. The maximum Gasteiger partial charge on any atom is 0.255 e. The lowest BCUT2D eigenvalue weighted by Crippen LogP contribution is -2.23. The number of anilines is 1. The average molecular weight is 396 g/mol. The molecule has 0 saturated carbocycles. The third-order valence-electron chi connectivity index (χ3n) is 3.99. The number of ether oxygens (including phenoxy) is 1. The van der Waals surface area contributed by atoms with Gasteiger partial charge in [0.1, 0.15) is 5.75 Å². The van der Waals surface area contributed by atoms with Crippen LogP contribution in [0.15, 0.2) is 67.0 Å². The molecule has 0 saturated heterocycles. The summed E-state index contributed by atoms with van der Waals surface area (Å²) >= 11 is 6.06. The first-order valence-electron chi connectivity index (χ1n) is 8.49. The van der Waals surface area contributed by atoms with Crippen LogP contribution in [0.25, 0.3) is 0 Å². The van der Waals surface area contributed by atoms with Gasteiger partial charge in [-0.25, -0.2) is 0 Å². The van der Waals surface area contributed by atoms with E-state index < -0.39 is 0 Å². The molecule has 0 spiro atoms. The van der Waals surface area contributed by atoms with Gasteiger partial charge in [-0.3, -0.25) is 14.6 Å². The molecule has 142 valence electrons. The van der Waals surface area contributed by atoms with E-state index in [1.807, 2.05) is 12.1 Å². The number of hydrogen-bond donors (Lipinski definition) is 2. The SMILES string of the molecule is COc1ccc(NC(=O)c2ccc(C(=O)NCc3cccnc3)cc2)cc1Cl. The summed E-state index contributed by atoms with van der Waals surface area (Å²) in [5, 5.41) is 5.98. The van der Waals surface area contributed by atoms with Gasteiger partial charge in [-0.05, 0) is 54.1 Å². The minimum atomic E-state index is -0.302. The molecule has 0 aliphatic rings. The van der Waals surface area contributed by atoms with Gasteiger partial charge in [-0.1, -0.05) is 17.7 Å². The fourth-order valence-corrected chi connectivity index (χ4v) is 2.77. The predicted molar refractivity (Wildman–Crippen MR) is 108 cm³/mol. The number of nitrogens with one attached hydrogen (secondary N) is 2. The Morgan fingerprint density at radius 3 is 2.36 bits per heavy atom. The van der Waals surface area contributed by atoms with Crippen LogP contribution in [-0.2, 0) is 6.54 Å². The van der Waals surface area contributed by atoms with Crippen molar-refractivity contribution in [3.63, 3.8) is 0 Å². The Bertz CT molecular complexity index is 976. The number of aromatic nitrogens is 1. The van der Waals surface area contributed by atoms with Crippen molar-refractivity contribution in [2.24, 2.45) is 0 Å². The van der Waals surface area contributed by atoms with Crippen molar-refractivity contribution in [1.29, 1.82) is 0 Å². The van der Waals surface area contributed by atoms with E-state index in [1.165, 1.54) is 7.11 Å².